The summed E-state index contributed by atoms with van der Waals surface area (Å²) in [4.78, 5) is 27.8. The number of carbonyl (C=O) groups is 2. The molecule has 1 saturated heterocycles. The van der Waals surface area contributed by atoms with Crippen LogP contribution in [0.2, 0.25) is 0 Å². The van der Waals surface area contributed by atoms with Crippen molar-refractivity contribution in [3.63, 3.8) is 0 Å². The SMILES string of the molecule is Cc1cccc(C2/C(=C(/O)c3ccc(OCC(C)C)c(C)c3)C(=O)C(=O)N2CCCOC(C)C)c1. The number of ketones is 1. The topological polar surface area (TPSA) is 76.1 Å². The minimum absolute atomic E-state index is 0.0914. The van der Waals surface area contributed by atoms with Gasteiger partial charge in [0.1, 0.15) is 11.5 Å². The maximum absolute atomic E-state index is 13.2. The fourth-order valence-corrected chi connectivity index (χ4v) is 4.22. The van der Waals surface area contributed by atoms with Gasteiger partial charge in [0.25, 0.3) is 11.7 Å². The van der Waals surface area contributed by atoms with Gasteiger partial charge in [0.15, 0.2) is 0 Å². The van der Waals surface area contributed by atoms with Crippen LogP contribution in [0.15, 0.2) is 48.0 Å². The smallest absolute Gasteiger partial charge is 0.295 e. The van der Waals surface area contributed by atoms with Gasteiger partial charge < -0.3 is 19.5 Å². The van der Waals surface area contributed by atoms with E-state index in [1.165, 1.54) is 0 Å². The molecule has 0 saturated carbocycles. The van der Waals surface area contributed by atoms with Crippen molar-refractivity contribution in [1.82, 2.24) is 4.90 Å². The van der Waals surface area contributed by atoms with Gasteiger partial charge in [-0.05, 0) is 69.4 Å². The number of aliphatic hydroxyl groups is 1. The van der Waals surface area contributed by atoms with E-state index in [1.807, 2.05) is 52.0 Å². The van der Waals surface area contributed by atoms with Gasteiger partial charge in [-0.2, -0.15) is 0 Å². The van der Waals surface area contributed by atoms with Crippen molar-refractivity contribution in [3.8, 4) is 5.75 Å². The second-order valence-corrected chi connectivity index (χ2v) is 9.86. The molecule has 2 aromatic rings. The maximum Gasteiger partial charge on any atom is 0.295 e. The van der Waals surface area contributed by atoms with Crippen LogP contribution in [0.25, 0.3) is 5.76 Å². The number of aryl methyl sites for hydroxylation is 2. The first kappa shape index (κ1) is 26.5. The van der Waals surface area contributed by atoms with Gasteiger partial charge >= 0.3 is 0 Å². The summed E-state index contributed by atoms with van der Waals surface area (Å²) in [6.45, 7) is 13.4. The Morgan fingerprint density at radius 3 is 2.43 bits per heavy atom. The van der Waals surface area contributed by atoms with E-state index >= 15 is 0 Å². The van der Waals surface area contributed by atoms with Gasteiger partial charge in [-0.3, -0.25) is 9.59 Å². The van der Waals surface area contributed by atoms with Crippen molar-refractivity contribution in [2.45, 2.75) is 60.1 Å². The first-order valence-electron chi connectivity index (χ1n) is 12.3. The lowest BCUT2D eigenvalue weighted by Gasteiger charge is -2.26. The molecule has 188 valence electrons. The Balaban J connectivity index is 2.01. The lowest BCUT2D eigenvalue weighted by atomic mass is 9.94. The average Bonchev–Trinajstić information content (AvgIpc) is 3.05. The molecule has 2 aromatic carbocycles. The number of carbonyl (C=O) groups excluding carboxylic acids is 2. The highest BCUT2D eigenvalue weighted by Crippen LogP contribution is 2.40. The van der Waals surface area contributed by atoms with Crippen LogP contribution in [0.1, 0.15) is 62.4 Å². The number of benzene rings is 2. The normalized spacial score (nSPS) is 17.6. The predicted octanol–water partition coefficient (Wildman–Crippen LogP) is 5.58. The summed E-state index contributed by atoms with van der Waals surface area (Å²) in [7, 11) is 0. The van der Waals surface area contributed by atoms with Gasteiger partial charge in [0, 0.05) is 18.7 Å². The lowest BCUT2D eigenvalue weighted by molar-refractivity contribution is -0.140. The number of nitrogens with zero attached hydrogens (tertiary/aromatic N) is 1. The molecule has 6 heteroatoms. The molecule has 1 heterocycles. The average molecular weight is 480 g/mol. The van der Waals surface area contributed by atoms with Gasteiger partial charge in [-0.15, -0.1) is 0 Å². The largest absolute Gasteiger partial charge is 0.507 e. The minimum atomic E-state index is -0.670. The Kier molecular flexibility index (Phi) is 8.73. The molecule has 1 aliphatic heterocycles. The summed E-state index contributed by atoms with van der Waals surface area (Å²) in [5.74, 6) is -0.322. The first-order valence-corrected chi connectivity index (χ1v) is 12.3. The standard InChI is InChI=1S/C29H37NO5/c1-18(2)17-35-24-12-11-23(16-21(24)6)27(31)25-26(22-10-7-9-20(5)15-22)30(29(33)28(25)32)13-8-14-34-19(3)4/h7,9-12,15-16,18-19,26,31H,8,13-14,17H2,1-6H3/b27-25-. The number of Topliss-reactive ketones (excluding diaryl/α,β-unsaturated/α-hetero) is 1. The second-order valence-electron chi connectivity index (χ2n) is 9.86. The molecule has 0 aromatic heterocycles. The number of hydrogen-bond donors (Lipinski definition) is 1. The zero-order valence-corrected chi connectivity index (χ0v) is 21.6. The molecule has 1 aliphatic rings. The summed E-state index contributed by atoms with van der Waals surface area (Å²) < 4.78 is 11.5. The molecule has 1 unspecified atom stereocenters. The van der Waals surface area contributed by atoms with Crippen molar-refractivity contribution in [1.29, 1.82) is 0 Å². The van der Waals surface area contributed by atoms with Crippen LogP contribution in [0.3, 0.4) is 0 Å². The highest BCUT2D eigenvalue weighted by atomic mass is 16.5. The zero-order valence-electron chi connectivity index (χ0n) is 21.6. The minimum Gasteiger partial charge on any atom is -0.507 e. The van der Waals surface area contributed by atoms with Crippen molar-refractivity contribution in [3.05, 3.63) is 70.3 Å². The van der Waals surface area contributed by atoms with Gasteiger partial charge in [-0.25, -0.2) is 0 Å². The number of ether oxygens (including phenoxy) is 2. The van der Waals surface area contributed by atoms with E-state index in [0.29, 0.717) is 37.7 Å². The lowest BCUT2D eigenvalue weighted by Crippen LogP contribution is -2.31. The number of aliphatic hydroxyl groups excluding tert-OH is 1. The fraction of sp³-hybridized carbons (Fsp3) is 0.448. The highest BCUT2D eigenvalue weighted by molar-refractivity contribution is 6.46. The van der Waals surface area contributed by atoms with Crippen LogP contribution in [0.4, 0.5) is 0 Å². The third-order valence-electron chi connectivity index (χ3n) is 5.91. The van der Waals surface area contributed by atoms with Gasteiger partial charge in [0.2, 0.25) is 0 Å². The Bertz CT molecular complexity index is 1100. The predicted molar refractivity (Wildman–Crippen MR) is 137 cm³/mol. The van der Waals surface area contributed by atoms with Crippen molar-refractivity contribution in [2.24, 2.45) is 5.92 Å². The Hall–Kier alpha value is -3.12. The monoisotopic (exact) mass is 479 g/mol. The molecular weight excluding hydrogens is 442 g/mol. The second kappa shape index (κ2) is 11.5. The fourth-order valence-electron chi connectivity index (χ4n) is 4.22. The molecule has 1 N–H and O–H groups in total. The third kappa shape index (κ3) is 6.31. The Labute approximate surface area is 208 Å². The summed E-state index contributed by atoms with van der Waals surface area (Å²) >= 11 is 0. The van der Waals surface area contributed by atoms with E-state index in [4.69, 9.17) is 9.47 Å². The quantitative estimate of drug-likeness (QED) is 0.209. The molecule has 6 nitrogen and oxygen atoms in total. The molecule has 3 rings (SSSR count). The molecule has 0 aliphatic carbocycles. The third-order valence-corrected chi connectivity index (χ3v) is 5.91. The van der Waals surface area contributed by atoms with Gasteiger partial charge in [0.05, 0.1) is 24.3 Å². The van der Waals surface area contributed by atoms with E-state index in [-0.39, 0.29) is 17.4 Å². The van der Waals surface area contributed by atoms with E-state index in [1.54, 1.807) is 23.1 Å². The van der Waals surface area contributed by atoms with E-state index < -0.39 is 17.7 Å². The zero-order chi connectivity index (χ0) is 25.7. The van der Waals surface area contributed by atoms with Gasteiger partial charge in [-0.1, -0.05) is 43.7 Å². The first-order chi connectivity index (χ1) is 16.6. The summed E-state index contributed by atoms with van der Waals surface area (Å²) in [6.07, 6.45) is 0.683. The molecule has 0 bridgehead atoms. The molecule has 1 amide bonds. The highest BCUT2D eigenvalue weighted by Gasteiger charge is 2.45. The number of hydrogen-bond acceptors (Lipinski definition) is 5. The molecule has 0 spiro atoms. The van der Waals surface area contributed by atoms with Crippen LogP contribution in [0, 0.1) is 19.8 Å². The Morgan fingerprint density at radius 1 is 1.06 bits per heavy atom. The van der Waals surface area contributed by atoms with Crippen LogP contribution < -0.4 is 4.74 Å². The molecular formula is C29H37NO5. The Morgan fingerprint density at radius 2 is 1.80 bits per heavy atom. The summed E-state index contributed by atoms with van der Waals surface area (Å²) in [5, 5.41) is 11.3. The number of likely N-dealkylation sites (tertiary alicyclic amines) is 1. The molecule has 1 atom stereocenters. The van der Waals surface area contributed by atoms with Crippen molar-refractivity contribution < 1.29 is 24.2 Å². The molecule has 35 heavy (non-hydrogen) atoms. The van der Waals surface area contributed by atoms with Crippen molar-refractivity contribution >= 4 is 17.4 Å². The number of amides is 1. The summed E-state index contributed by atoms with van der Waals surface area (Å²) in [5.41, 5.74) is 3.25. The van der Waals surface area contributed by atoms with Crippen LogP contribution in [0.5, 0.6) is 5.75 Å². The van der Waals surface area contributed by atoms with Crippen molar-refractivity contribution in [2.75, 3.05) is 19.8 Å². The maximum atomic E-state index is 13.2. The van der Waals surface area contributed by atoms with Crippen LogP contribution >= 0.6 is 0 Å². The van der Waals surface area contributed by atoms with E-state index in [2.05, 4.69) is 13.8 Å². The number of rotatable bonds is 10. The summed E-state index contributed by atoms with van der Waals surface area (Å²) in [6, 6.07) is 12.4. The molecule has 1 fully saturated rings. The van der Waals surface area contributed by atoms with E-state index in [0.717, 1.165) is 22.4 Å². The van der Waals surface area contributed by atoms with E-state index in [9.17, 15) is 14.7 Å². The van der Waals surface area contributed by atoms with Crippen LogP contribution in [-0.4, -0.2) is 47.6 Å². The van der Waals surface area contributed by atoms with Crippen LogP contribution in [-0.2, 0) is 14.3 Å². The molecule has 0 radical (unpaired) electrons.